The molecule has 0 saturated carbocycles. The Kier molecular flexibility index (Phi) is 5.16. The highest BCUT2D eigenvalue weighted by molar-refractivity contribution is 5.84. The number of aromatic amines is 1. The van der Waals surface area contributed by atoms with E-state index in [-0.39, 0.29) is 18.2 Å². The van der Waals surface area contributed by atoms with E-state index in [1.54, 1.807) is 6.07 Å². The normalized spacial score (nSPS) is 11.5. The predicted molar refractivity (Wildman–Crippen MR) is 91.6 cm³/mol. The van der Waals surface area contributed by atoms with Gasteiger partial charge in [0.1, 0.15) is 5.75 Å². The van der Waals surface area contributed by atoms with Gasteiger partial charge < -0.3 is 15.0 Å². The van der Waals surface area contributed by atoms with Gasteiger partial charge in [0.25, 0.3) is 0 Å². The predicted octanol–water partition coefficient (Wildman–Crippen LogP) is 4.32. The molecule has 0 bridgehead atoms. The monoisotopic (exact) mass is 362 g/mol. The number of amides is 1. The first-order valence-electron chi connectivity index (χ1n) is 8.07. The molecule has 0 radical (unpaired) electrons. The quantitative estimate of drug-likeness (QED) is 0.686. The molecule has 2 aromatic carbocycles. The summed E-state index contributed by atoms with van der Waals surface area (Å²) in [4.78, 5) is 15.2. The zero-order valence-electron chi connectivity index (χ0n) is 13.8. The van der Waals surface area contributed by atoms with Gasteiger partial charge in [-0.2, -0.15) is 0 Å². The van der Waals surface area contributed by atoms with Crippen molar-refractivity contribution in [1.82, 2.24) is 10.3 Å². The van der Waals surface area contributed by atoms with Crippen LogP contribution in [0.1, 0.15) is 17.5 Å². The van der Waals surface area contributed by atoms with Gasteiger partial charge in [-0.05, 0) is 35.7 Å². The van der Waals surface area contributed by atoms with E-state index >= 15 is 0 Å². The molecule has 3 aromatic rings. The molecule has 7 heteroatoms. The number of alkyl halides is 3. The van der Waals surface area contributed by atoms with Crippen molar-refractivity contribution in [3.8, 4) is 5.75 Å². The average molecular weight is 362 g/mol. The molecule has 0 saturated heterocycles. The van der Waals surface area contributed by atoms with Crippen LogP contribution in [0.5, 0.6) is 5.75 Å². The molecule has 3 rings (SSSR count). The Morgan fingerprint density at radius 2 is 1.92 bits per heavy atom. The van der Waals surface area contributed by atoms with Crippen LogP contribution in [-0.4, -0.2) is 17.3 Å². The molecule has 0 unspecified atom stereocenters. The van der Waals surface area contributed by atoms with Gasteiger partial charge in [-0.15, -0.1) is 13.2 Å². The molecule has 26 heavy (non-hydrogen) atoms. The van der Waals surface area contributed by atoms with E-state index in [0.29, 0.717) is 18.4 Å². The third-order valence-electron chi connectivity index (χ3n) is 3.92. The smallest absolute Gasteiger partial charge is 0.406 e. The highest BCUT2D eigenvalue weighted by Gasteiger charge is 2.31. The van der Waals surface area contributed by atoms with Gasteiger partial charge in [0.05, 0.1) is 0 Å². The SMILES string of the molecule is O=C(CCc1c[nH]c2ccccc12)NCc1cccc(OC(F)(F)F)c1. The number of rotatable bonds is 6. The van der Waals surface area contributed by atoms with E-state index in [9.17, 15) is 18.0 Å². The van der Waals surface area contributed by atoms with Crippen LogP contribution in [0, 0.1) is 0 Å². The first-order chi connectivity index (χ1) is 12.4. The topological polar surface area (TPSA) is 54.1 Å². The molecule has 1 amide bonds. The Hall–Kier alpha value is -2.96. The van der Waals surface area contributed by atoms with Crippen LogP contribution >= 0.6 is 0 Å². The van der Waals surface area contributed by atoms with Crippen molar-refractivity contribution in [3.05, 3.63) is 65.9 Å². The summed E-state index contributed by atoms with van der Waals surface area (Å²) in [6.07, 6.45) is -1.98. The van der Waals surface area contributed by atoms with E-state index in [2.05, 4.69) is 15.0 Å². The molecule has 0 atom stereocenters. The number of hydrogen-bond donors (Lipinski definition) is 2. The lowest BCUT2D eigenvalue weighted by molar-refractivity contribution is -0.274. The fourth-order valence-corrected chi connectivity index (χ4v) is 2.73. The minimum atomic E-state index is -4.73. The number of hydrogen-bond acceptors (Lipinski definition) is 2. The van der Waals surface area contributed by atoms with Crippen LogP contribution in [0.25, 0.3) is 10.9 Å². The zero-order valence-corrected chi connectivity index (χ0v) is 13.8. The highest BCUT2D eigenvalue weighted by atomic mass is 19.4. The maximum absolute atomic E-state index is 12.2. The van der Waals surface area contributed by atoms with Gasteiger partial charge in [0.2, 0.25) is 5.91 Å². The third kappa shape index (κ3) is 4.78. The number of nitrogens with one attached hydrogen (secondary N) is 2. The van der Waals surface area contributed by atoms with Crippen LogP contribution in [-0.2, 0) is 17.8 Å². The third-order valence-corrected chi connectivity index (χ3v) is 3.92. The molecular formula is C19H17F3N2O2. The Labute approximate surface area is 148 Å². The molecule has 0 spiro atoms. The van der Waals surface area contributed by atoms with Crippen LogP contribution in [0.4, 0.5) is 13.2 Å². The number of para-hydroxylation sites is 1. The summed E-state index contributed by atoms with van der Waals surface area (Å²) >= 11 is 0. The highest BCUT2D eigenvalue weighted by Crippen LogP contribution is 2.23. The summed E-state index contributed by atoms with van der Waals surface area (Å²) in [5.41, 5.74) is 2.60. The van der Waals surface area contributed by atoms with Crippen LogP contribution in [0.15, 0.2) is 54.7 Å². The summed E-state index contributed by atoms with van der Waals surface area (Å²) in [7, 11) is 0. The number of halogens is 3. The fourth-order valence-electron chi connectivity index (χ4n) is 2.73. The van der Waals surface area contributed by atoms with Gasteiger partial charge in [-0.25, -0.2) is 0 Å². The van der Waals surface area contributed by atoms with Gasteiger partial charge in [0.15, 0.2) is 0 Å². The lowest BCUT2D eigenvalue weighted by atomic mass is 10.1. The molecule has 2 N–H and O–H groups in total. The number of ether oxygens (including phenoxy) is 1. The van der Waals surface area contributed by atoms with E-state index in [4.69, 9.17) is 0 Å². The van der Waals surface area contributed by atoms with E-state index < -0.39 is 6.36 Å². The molecule has 4 nitrogen and oxygen atoms in total. The first kappa shape index (κ1) is 17.8. The number of benzene rings is 2. The molecule has 0 aliphatic heterocycles. The Morgan fingerprint density at radius 1 is 1.12 bits per heavy atom. The molecule has 0 fully saturated rings. The summed E-state index contributed by atoms with van der Waals surface area (Å²) in [6, 6.07) is 13.4. The lowest BCUT2D eigenvalue weighted by Crippen LogP contribution is -2.23. The van der Waals surface area contributed by atoms with E-state index in [1.807, 2.05) is 30.5 Å². The molecular weight excluding hydrogens is 345 g/mol. The van der Waals surface area contributed by atoms with E-state index in [0.717, 1.165) is 16.5 Å². The molecule has 1 aromatic heterocycles. The number of aromatic nitrogens is 1. The zero-order chi connectivity index (χ0) is 18.6. The number of carbonyl (C=O) groups excluding carboxylic acids is 1. The summed E-state index contributed by atoms with van der Waals surface area (Å²) < 4.78 is 40.6. The van der Waals surface area contributed by atoms with E-state index in [1.165, 1.54) is 18.2 Å². The number of H-pyrrole nitrogens is 1. The number of carbonyl (C=O) groups is 1. The number of aryl methyl sites for hydroxylation is 1. The van der Waals surface area contributed by atoms with Crippen molar-refractivity contribution >= 4 is 16.8 Å². The molecule has 0 aliphatic carbocycles. The van der Waals surface area contributed by atoms with Crippen molar-refractivity contribution in [3.63, 3.8) is 0 Å². The maximum atomic E-state index is 12.2. The number of fused-ring (bicyclic) bond motifs is 1. The van der Waals surface area contributed by atoms with Crippen LogP contribution in [0.3, 0.4) is 0 Å². The first-order valence-corrected chi connectivity index (χ1v) is 8.07. The van der Waals surface area contributed by atoms with Gasteiger partial charge in [-0.3, -0.25) is 4.79 Å². The van der Waals surface area contributed by atoms with Crippen molar-refractivity contribution in [2.75, 3.05) is 0 Å². The Bertz CT molecular complexity index is 903. The second-order valence-corrected chi connectivity index (χ2v) is 5.83. The standard InChI is InChI=1S/C19H17F3N2O2/c20-19(21,22)26-15-5-3-4-13(10-15)11-24-18(25)9-8-14-12-23-17-7-2-1-6-16(14)17/h1-7,10,12,23H,8-9,11H2,(H,24,25). The van der Waals surface area contributed by atoms with Crippen LogP contribution in [0.2, 0.25) is 0 Å². The van der Waals surface area contributed by atoms with Crippen molar-refractivity contribution < 1.29 is 22.7 Å². The second-order valence-electron chi connectivity index (χ2n) is 5.83. The Balaban J connectivity index is 1.52. The van der Waals surface area contributed by atoms with Crippen molar-refractivity contribution in [2.45, 2.75) is 25.7 Å². The Morgan fingerprint density at radius 3 is 2.73 bits per heavy atom. The molecule has 136 valence electrons. The second kappa shape index (κ2) is 7.51. The van der Waals surface area contributed by atoms with Crippen molar-refractivity contribution in [2.24, 2.45) is 0 Å². The minimum Gasteiger partial charge on any atom is -0.406 e. The summed E-state index contributed by atoms with van der Waals surface area (Å²) in [5, 5.41) is 3.79. The van der Waals surface area contributed by atoms with Crippen LogP contribution < -0.4 is 10.1 Å². The van der Waals surface area contributed by atoms with Gasteiger partial charge in [0, 0.05) is 30.1 Å². The van der Waals surface area contributed by atoms with Gasteiger partial charge in [-0.1, -0.05) is 30.3 Å². The lowest BCUT2D eigenvalue weighted by Gasteiger charge is -2.10. The fraction of sp³-hybridized carbons (Fsp3) is 0.211. The van der Waals surface area contributed by atoms with Gasteiger partial charge >= 0.3 is 6.36 Å². The molecule has 0 aliphatic rings. The summed E-state index contributed by atoms with van der Waals surface area (Å²) in [5.74, 6) is -0.472. The maximum Gasteiger partial charge on any atom is 0.573 e. The minimum absolute atomic E-state index is 0.141. The largest absolute Gasteiger partial charge is 0.573 e. The average Bonchev–Trinajstić information content (AvgIpc) is 3.00. The summed E-state index contributed by atoms with van der Waals surface area (Å²) in [6.45, 7) is 0.141. The molecule has 1 heterocycles. The van der Waals surface area contributed by atoms with Crippen molar-refractivity contribution in [1.29, 1.82) is 0 Å².